The molecule has 0 aliphatic heterocycles. The molecule has 2 rings (SSSR count). The molecule has 6 heteroatoms. The Kier molecular flexibility index (Phi) is 3.88. The summed E-state index contributed by atoms with van der Waals surface area (Å²) in [5.74, 6) is 0.654. The highest BCUT2D eigenvalue weighted by Gasteiger charge is 2.11. The third kappa shape index (κ3) is 2.84. The molecule has 2 aromatic heterocycles. The molecule has 0 spiro atoms. The summed E-state index contributed by atoms with van der Waals surface area (Å²) in [5, 5.41) is 15.8. The quantitative estimate of drug-likeness (QED) is 0.661. The van der Waals surface area contributed by atoms with Crippen LogP contribution < -0.4 is 5.32 Å². The molecule has 5 nitrogen and oxygen atoms in total. The molecular formula is C12H13N3O2S. The summed E-state index contributed by atoms with van der Waals surface area (Å²) in [6.45, 7) is 2.09. The van der Waals surface area contributed by atoms with E-state index in [4.69, 9.17) is 0 Å². The molecule has 1 unspecified atom stereocenters. The molecule has 0 aliphatic rings. The molecule has 0 fully saturated rings. The third-order valence-corrected chi connectivity index (χ3v) is 3.56. The Morgan fingerprint density at radius 1 is 1.50 bits per heavy atom. The van der Waals surface area contributed by atoms with E-state index in [1.165, 1.54) is 17.1 Å². The zero-order valence-corrected chi connectivity index (χ0v) is 10.7. The Labute approximate surface area is 109 Å². The van der Waals surface area contributed by atoms with E-state index in [2.05, 4.69) is 23.3 Å². The van der Waals surface area contributed by atoms with Gasteiger partial charge >= 0.3 is 0 Å². The zero-order valence-electron chi connectivity index (χ0n) is 9.87. The number of hydrogen-bond acceptors (Lipinski definition) is 5. The minimum atomic E-state index is -0.451. The van der Waals surface area contributed by atoms with Crippen LogP contribution in [0.1, 0.15) is 24.3 Å². The molecule has 0 aromatic carbocycles. The monoisotopic (exact) mass is 263 g/mol. The maximum atomic E-state index is 10.5. The Hall–Kier alpha value is -1.95. The van der Waals surface area contributed by atoms with Gasteiger partial charge in [0.05, 0.1) is 11.0 Å². The van der Waals surface area contributed by atoms with E-state index in [9.17, 15) is 10.1 Å². The highest BCUT2D eigenvalue weighted by Crippen LogP contribution is 2.25. The number of aromatic nitrogens is 1. The van der Waals surface area contributed by atoms with Crippen LogP contribution in [0.2, 0.25) is 0 Å². The van der Waals surface area contributed by atoms with Gasteiger partial charge < -0.3 is 5.32 Å². The highest BCUT2D eigenvalue weighted by molar-refractivity contribution is 7.10. The second-order valence-corrected chi connectivity index (χ2v) is 4.76. The fourth-order valence-electron chi connectivity index (χ4n) is 1.62. The molecular weight excluding hydrogens is 250 g/mol. The number of anilines is 1. The van der Waals surface area contributed by atoms with Crippen molar-refractivity contribution in [3.05, 3.63) is 50.8 Å². The Morgan fingerprint density at radius 3 is 2.83 bits per heavy atom. The molecule has 2 heterocycles. The van der Waals surface area contributed by atoms with Gasteiger partial charge in [0, 0.05) is 10.9 Å². The first-order valence-electron chi connectivity index (χ1n) is 5.61. The number of nitrogens with zero attached hydrogens (tertiary/aromatic N) is 2. The van der Waals surface area contributed by atoms with Gasteiger partial charge in [-0.15, -0.1) is 11.3 Å². The standard InChI is InChI=1S/C12H13N3O2S/c1-2-10(11-4-3-7-18-11)14-12-6-5-9(8-13-12)15(16)17/h3-8,10H,2H2,1H3,(H,13,14). The Balaban J connectivity index is 2.10. The predicted octanol–water partition coefficient (Wildman–Crippen LogP) is 3.61. The van der Waals surface area contributed by atoms with E-state index < -0.39 is 4.92 Å². The van der Waals surface area contributed by atoms with Gasteiger partial charge in [-0.2, -0.15) is 0 Å². The Morgan fingerprint density at radius 2 is 2.33 bits per heavy atom. The first kappa shape index (κ1) is 12.5. The third-order valence-electron chi connectivity index (χ3n) is 2.58. The van der Waals surface area contributed by atoms with Crippen LogP contribution in [0, 0.1) is 10.1 Å². The first-order valence-corrected chi connectivity index (χ1v) is 6.49. The number of hydrogen-bond donors (Lipinski definition) is 1. The van der Waals surface area contributed by atoms with Gasteiger partial charge in [0.1, 0.15) is 12.0 Å². The number of rotatable bonds is 5. The molecule has 0 amide bonds. The number of nitro groups is 1. The lowest BCUT2D eigenvalue weighted by molar-refractivity contribution is -0.385. The largest absolute Gasteiger partial charge is 0.362 e. The van der Waals surface area contributed by atoms with Gasteiger partial charge in [0.2, 0.25) is 0 Å². The van der Waals surface area contributed by atoms with Gasteiger partial charge in [-0.3, -0.25) is 10.1 Å². The van der Waals surface area contributed by atoms with Gasteiger partial charge in [0.15, 0.2) is 0 Å². The van der Waals surface area contributed by atoms with Gasteiger partial charge in [-0.05, 0) is 23.9 Å². The summed E-state index contributed by atoms with van der Waals surface area (Å²) in [4.78, 5) is 15.4. The highest BCUT2D eigenvalue weighted by atomic mass is 32.1. The van der Waals surface area contributed by atoms with Gasteiger partial charge in [0.25, 0.3) is 5.69 Å². The second-order valence-electron chi connectivity index (χ2n) is 3.78. The van der Waals surface area contributed by atoms with Crippen LogP contribution in [0.3, 0.4) is 0 Å². The molecule has 0 aliphatic carbocycles. The molecule has 1 atom stereocenters. The van der Waals surface area contributed by atoms with E-state index >= 15 is 0 Å². The second kappa shape index (κ2) is 5.59. The SMILES string of the molecule is CCC(Nc1ccc([N+](=O)[O-])cn1)c1cccs1. The first-order chi connectivity index (χ1) is 8.70. The average molecular weight is 263 g/mol. The van der Waals surface area contributed by atoms with Crippen molar-refractivity contribution >= 4 is 22.8 Å². The molecule has 0 saturated heterocycles. The molecule has 94 valence electrons. The number of thiophene rings is 1. The van der Waals surface area contributed by atoms with E-state index in [1.54, 1.807) is 17.4 Å². The lowest BCUT2D eigenvalue weighted by Gasteiger charge is -2.15. The van der Waals surface area contributed by atoms with E-state index in [0.717, 1.165) is 6.42 Å². The van der Waals surface area contributed by atoms with E-state index in [-0.39, 0.29) is 11.7 Å². The van der Waals surface area contributed by atoms with Crippen LogP contribution >= 0.6 is 11.3 Å². The van der Waals surface area contributed by atoms with Crippen LogP contribution in [0.15, 0.2) is 35.8 Å². The summed E-state index contributed by atoms with van der Waals surface area (Å²) in [6, 6.07) is 7.36. The average Bonchev–Trinajstić information content (AvgIpc) is 2.90. The maximum absolute atomic E-state index is 10.5. The van der Waals surface area contributed by atoms with Crippen molar-refractivity contribution in [2.75, 3.05) is 5.32 Å². The van der Waals surface area contributed by atoms with Crippen molar-refractivity contribution in [3.8, 4) is 0 Å². The van der Waals surface area contributed by atoms with Crippen LogP contribution in [0.4, 0.5) is 11.5 Å². The van der Waals surface area contributed by atoms with Crippen molar-refractivity contribution in [1.82, 2.24) is 4.98 Å². The minimum Gasteiger partial charge on any atom is -0.362 e. The van der Waals surface area contributed by atoms with Crippen LogP contribution in [0.5, 0.6) is 0 Å². The fourth-order valence-corrected chi connectivity index (χ4v) is 2.48. The fraction of sp³-hybridized carbons (Fsp3) is 0.250. The smallest absolute Gasteiger partial charge is 0.287 e. The normalized spacial score (nSPS) is 12.1. The van der Waals surface area contributed by atoms with E-state index in [0.29, 0.717) is 5.82 Å². The number of nitrogens with one attached hydrogen (secondary N) is 1. The summed E-state index contributed by atoms with van der Waals surface area (Å²) >= 11 is 1.68. The summed E-state index contributed by atoms with van der Waals surface area (Å²) in [6.07, 6.45) is 2.20. The van der Waals surface area contributed by atoms with Crippen molar-refractivity contribution in [3.63, 3.8) is 0 Å². The molecule has 0 radical (unpaired) electrons. The van der Waals surface area contributed by atoms with Crippen LogP contribution in [0.25, 0.3) is 0 Å². The van der Waals surface area contributed by atoms with Gasteiger partial charge in [-0.25, -0.2) is 4.98 Å². The molecule has 0 bridgehead atoms. The topological polar surface area (TPSA) is 68.1 Å². The van der Waals surface area contributed by atoms with Crippen molar-refractivity contribution in [2.45, 2.75) is 19.4 Å². The zero-order chi connectivity index (χ0) is 13.0. The summed E-state index contributed by atoms with van der Waals surface area (Å²) < 4.78 is 0. The van der Waals surface area contributed by atoms with Crippen molar-refractivity contribution in [1.29, 1.82) is 0 Å². The van der Waals surface area contributed by atoms with E-state index in [1.807, 2.05) is 11.4 Å². The minimum absolute atomic E-state index is 0.00437. The summed E-state index contributed by atoms with van der Waals surface area (Å²) in [7, 11) is 0. The molecule has 0 saturated carbocycles. The van der Waals surface area contributed by atoms with Crippen LogP contribution in [-0.4, -0.2) is 9.91 Å². The number of pyridine rings is 1. The summed E-state index contributed by atoms with van der Waals surface area (Å²) in [5.41, 5.74) is 0.00437. The molecule has 18 heavy (non-hydrogen) atoms. The molecule has 1 N–H and O–H groups in total. The molecule has 2 aromatic rings. The van der Waals surface area contributed by atoms with Crippen molar-refractivity contribution in [2.24, 2.45) is 0 Å². The predicted molar refractivity (Wildman–Crippen MR) is 71.9 cm³/mol. The van der Waals surface area contributed by atoms with Crippen molar-refractivity contribution < 1.29 is 4.92 Å². The van der Waals surface area contributed by atoms with Crippen LogP contribution in [-0.2, 0) is 0 Å². The lowest BCUT2D eigenvalue weighted by atomic mass is 10.2. The maximum Gasteiger partial charge on any atom is 0.287 e. The van der Waals surface area contributed by atoms with Gasteiger partial charge in [-0.1, -0.05) is 13.0 Å². The Bertz CT molecular complexity index is 511. The lowest BCUT2D eigenvalue weighted by Crippen LogP contribution is -2.09.